The number of methoxy groups -OCH3 is 1. The van der Waals surface area contributed by atoms with Gasteiger partial charge in [-0.15, -0.1) is 0 Å². The van der Waals surface area contributed by atoms with Crippen LogP contribution in [0.15, 0.2) is 24.5 Å². The molecule has 1 N–H and O–H groups in total. The summed E-state index contributed by atoms with van der Waals surface area (Å²) in [4.78, 5) is 4.24. The lowest BCUT2D eigenvalue weighted by atomic mass is 10.1. The number of benzene rings is 1. The summed E-state index contributed by atoms with van der Waals surface area (Å²) in [6, 6.07) is 4.88. The molecule has 2 rings (SSSR count). The maximum Gasteiger partial charge on any atom is 0.165 e. The number of rotatable bonds is 5. The molecule has 0 aliphatic rings. The van der Waals surface area contributed by atoms with E-state index in [0.29, 0.717) is 13.1 Å². The number of ether oxygens (including phenoxy) is 1. The third kappa shape index (κ3) is 4.53. The van der Waals surface area contributed by atoms with E-state index in [1.165, 1.54) is 13.2 Å². The zero-order valence-electron chi connectivity index (χ0n) is 12.9. The molecule has 0 saturated heterocycles. The fourth-order valence-electron chi connectivity index (χ4n) is 1.83. The summed E-state index contributed by atoms with van der Waals surface area (Å²) < 4.78 is 20.2. The molecule has 0 unspecified atom stereocenters. The molecule has 1 aromatic carbocycles. The fourth-order valence-corrected chi connectivity index (χ4v) is 1.83. The highest BCUT2D eigenvalue weighted by molar-refractivity contribution is 5.29. The lowest BCUT2D eigenvalue weighted by Crippen LogP contribution is -2.35. The van der Waals surface area contributed by atoms with Gasteiger partial charge in [-0.05, 0) is 38.5 Å². The standard InChI is InChI=1S/C15H21FN4O/c1-15(2,3)18-8-14-17-10-20(19-14)9-11-5-6-13(21-4)12(16)7-11/h5-7,10,18H,8-9H2,1-4H3. The van der Waals surface area contributed by atoms with Crippen LogP contribution in [0.25, 0.3) is 0 Å². The minimum absolute atomic E-state index is 0.0184. The van der Waals surface area contributed by atoms with E-state index in [4.69, 9.17) is 4.74 Å². The maximum atomic E-state index is 13.6. The van der Waals surface area contributed by atoms with Crippen LogP contribution >= 0.6 is 0 Å². The topological polar surface area (TPSA) is 52.0 Å². The highest BCUT2D eigenvalue weighted by atomic mass is 19.1. The van der Waals surface area contributed by atoms with Crippen LogP contribution in [0.3, 0.4) is 0 Å². The number of nitrogens with one attached hydrogen (secondary N) is 1. The molecule has 0 radical (unpaired) electrons. The van der Waals surface area contributed by atoms with Crippen molar-refractivity contribution in [1.29, 1.82) is 0 Å². The van der Waals surface area contributed by atoms with Gasteiger partial charge in [-0.25, -0.2) is 14.1 Å². The smallest absolute Gasteiger partial charge is 0.165 e. The van der Waals surface area contributed by atoms with Crippen LogP contribution < -0.4 is 10.1 Å². The lowest BCUT2D eigenvalue weighted by Gasteiger charge is -2.19. The predicted molar refractivity (Wildman–Crippen MR) is 78.7 cm³/mol. The number of aromatic nitrogens is 3. The van der Waals surface area contributed by atoms with Gasteiger partial charge in [0.25, 0.3) is 0 Å². The molecule has 6 heteroatoms. The van der Waals surface area contributed by atoms with Crippen molar-refractivity contribution in [2.45, 2.75) is 39.4 Å². The number of halogens is 1. The average molecular weight is 292 g/mol. The minimum Gasteiger partial charge on any atom is -0.494 e. The summed E-state index contributed by atoms with van der Waals surface area (Å²) in [7, 11) is 1.45. The number of hydrogen-bond acceptors (Lipinski definition) is 4. The zero-order chi connectivity index (χ0) is 15.5. The fraction of sp³-hybridized carbons (Fsp3) is 0.467. The molecule has 0 fully saturated rings. The first-order chi connectivity index (χ1) is 9.87. The molecular formula is C15H21FN4O. The molecule has 0 saturated carbocycles. The molecule has 114 valence electrons. The monoisotopic (exact) mass is 292 g/mol. The normalized spacial score (nSPS) is 11.7. The second kappa shape index (κ2) is 6.22. The molecule has 0 atom stereocenters. The second-order valence-electron chi connectivity index (χ2n) is 5.93. The molecule has 0 amide bonds. The van der Waals surface area contributed by atoms with Crippen LogP contribution in [0.5, 0.6) is 5.75 Å². The van der Waals surface area contributed by atoms with Gasteiger partial charge in [-0.2, -0.15) is 5.10 Å². The van der Waals surface area contributed by atoms with Crippen LogP contribution in [-0.4, -0.2) is 27.4 Å². The van der Waals surface area contributed by atoms with Gasteiger partial charge < -0.3 is 10.1 Å². The van der Waals surface area contributed by atoms with Gasteiger partial charge in [0.2, 0.25) is 0 Å². The van der Waals surface area contributed by atoms with Crippen LogP contribution in [0.1, 0.15) is 32.2 Å². The van der Waals surface area contributed by atoms with Crippen molar-refractivity contribution < 1.29 is 9.13 Å². The van der Waals surface area contributed by atoms with Crippen molar-refractivity contribution in [3.05, 3.63) is 41.7 Å². The van der Waals surface area contributed by atoms with Crippen molar-refractivity contribution in [2.24, 2.45) is 0 Å². The Kier molecular flexibility index (Phi) is 4.57. The Hall–Kier alpha value is -1.95. The number of hydrogen-bond donors (Lipinski definition) is 1. The average Bonchev–Trinajstić information content (AvgIpc) is 2.83. The molecule has 1 heterocycles. The molecule has 21 heavy (non-hydrogen) atoms. The van der Waals surface area contributed by atoms with Crippen molar-refractivity contribution in [1.82, 2.24) is 20.1 Å². The summed E-state index contributed by atoms with van der Waals surface area (Å²) in [5.41, 5.74) is 0.832. The van der Waals surface area contributed by atoms with E-state index >= 15 is 0 Å². The Labute approximate surface area is 124 Å². The van der Waals surface area contributed by atoms with E-state index in [0.717, 1.165) is 11.4 Å². The van der Waals surface area contributed by atoms with E-state index in [-0.39, 0.29) is 17.1 Å². The maximum absolute atomic E-state index is 13.6. The van der Waals surface area contributed by atoms with Crippen LogP contribution in [0, 0.1) is 5.82 Å². The highest BCUT2D eigenvalue weighted by Gasteiger charge is 2.11. The minimum atomic E-state index is -0.371. The Balaban J connectivity index is 2.00. The summed E-state index contributed by atoms with van der Waals surface area (Å²) in [5.74, 6) is 0.594. The molecule has 0 aliphatic carbocycles. The predicted octanol–water partition coefficient (Wildman–Crippen LogP) is 2.36. The summed E-state index contributed by atoms with van der Waals surface area (Å²) in [6.07, 6.45) is 1.65. The first-order valence-electron chi connectivity index (χ1n) is 6.83. The highest BCUT2D eigenvalue weighted by Crippen LogP contribution is 2.18. The Morgan fingerprint density at radius 1 is 1.33 bits per heavy atom. The van der Waals surface area contributed by atoms with Crippen molar-refractivity contribution in [2.75, 3.05) is 7.11 Å². The summed E-state index contributed by atoms with van der Waals surface area (Å²) in [6.45, 7) is 7.34. The van der Waals surface area contributed by atoms with Gasteiger partial charge in [0.15, 0.2) is 17.4 Å². The second-order valence-corrected chi connectivity index (χ2v) is 5.93. The third-order valence-electron chi connectivity index (χ3n) is 2.92. The lowest BCUT2D eigenvalue weighted by molar-refractivity contribution is 0.386. The first-order valence-corrected chi connectivity index (χ1v) is 6.83. The summed E-state index contributed by atoms with van der Waals surface area (Å²) >= 11 is 0. The van der Waals surface area contributed by atoms with Gasteiger partial charge >= 0.3 is 0 Å². The van der Waals surface area contributed by atoms with Crippen molar-refractivity contribution >= 4 is 0 Å². The van der Waals surface area contributed by atoms with Gasteiger partial charge in [-0.3, -0.25) is 0 Å². The van der Waals surface area contributed by atoms with Gasteiger partial charge in [0, 0.05) is 5.54 Å². The molecular weight excluding hydrogens is 271 g/mol. The molecule has 1 aromatic heterocycles. The molecule has 0 bridgehead atoms. The molecule has 2 aromatic rings. The van der Waals surface area contributed by atoms with Crippen LogP contribution in [0.4, 0.5) is 4.39 Å². The van der Waals surface area contributed by atoms with E-state index in [1.54, 1.807) is 17.1 Å². The Morgan fingerprint density at radius 3 is 2.71 bits per heavy atom. The van der Waals surface area contributed by atoms with E-state index in [2.05, 4.69) is 36.2 Å². The SMILES string of the molecule is COc1ccc(Cn2cnc(CNC(C)(C)C)n2)cc1F. The Bertz CT molecular complexity index is 604. The van der Waals surface area contributed by atoms with Gasteiger partial charge in [0.05, 0.1) is 20.2 Å². The summed E-state index contributed by atoms with van der Waals surface area (Å²) in [5, 5.41) is 7.69. The number of nitrogens with zero attached hydrogens (tertiary/aromatic N) is 3. The molecule has 5 nitrogen and oxygen atoms in total. The van der Waals surface area contributed by atoms with Gasteiger partial charge in [0.1, 0.15) is 6.33 Å². The van der Waals surface area contributed by atoms with E-state index in [1.807, 2.05) is 6.07 Å². The van der Waals surface area contributed by atoms with Crippen LogP contribution in [0.2, 0.25) is 0 Å². The van der Waals surface area contributed by atoms with E-state index < -0.39 is 0 Å². The molecule has 0 aliphatic heterocycles. The van der Waals surface area contributed by atoms with Crippen LogP contribution in [-0.2, 0) is 13.1 Å². The first kappa shape index (κ1) is 15.4. The third-order valence-corrected chi connectivity index (χ3v) is 2.92. The quantitative estimate of drug-likeness (QED) is 0.919. The van der Waals surface area contributed by atoms with E-state index in [9.17, 15) is 4.39 Å². The van der Waals surface area contributed by atoms with Gasteiger partial charge in [-0.1, -0.05) is 6.07 Å². The zero-order valence-corrected chi connectivity index (χ0v) is 12.9. The van der Waals surface area contributed by atoms with Crippen molar-refractivity contribution in [3.8, 4) is 5.75 Å². The Morgan fingerprint density at radius 2 is 2.10 bits per heavy atom. The largest absolute Gasteiger partial charge is 0.494 e. The molecule has 0 spiro atoms. The van der Waals surface area contributed by atoms with Crippen molar-refractivity contribution in [3.63, 3.8) is 0 Å².